The Morgan fingerprint density at radius 1 is 0.408 bits per heavy atom. The van der Waals surface area contributed by atoms with Crippen LogP contribution in [0.4, 0.5) is 17.1 Å². The molecule has 0 saturated carbocycles. The van der Waals surface area contributed by atoms with E-state index in [1.807, 2.05) is 12.1 Å². The molecule has 0 atom stereocenters. The van der Waals surface area contributed by atoms with E-state index >= 15 is 0 Å². The minimum atomic E-state index is 0.876. The van der Waals surface area contributed by atoms with Crippen LogP contribution in [0.15, 0.2) is 186 Å². The van der Waals surface area contributed by atoms with Crippen molar-refractivity contribution in [1.29, 1.82) is 0 Å². The second kappa shape index (κ2) is 11.0. The van der Waals surface area contributed by atoms with E-state index in [0.29, 0.717) is 0 Å². The lowest BCUT2D eigenvalue weighted by molar-refractivity contribution is 0.669. The topological polar surface area (TPSA) is 21.3 Å². The van der Waals surface area contributed by atoms with E-state index in [-0.39, 0.29) is 0 Å². The number of nitrogens with zero attached hydrogens (tertiary/aromatic N) is 2. The molecule has 0 aliphatic heterocycles. The maximum Gasteiger partial charge on any atom is 0.159 e. The van der Waals surface area contributed by atoms with Crippen molar-refractivity contribution in [2.24, 2.45) is 0 Å². The summed E-state index contributed by atoms with van der Waals surface area (Å²) < 4.78 is 8.94. The lowest BCUT2D eigenvalue weighted by atomic mass is 10.0. The fourth-order valence-corrected chi connectivity index (χ4v) is 7.53. The van der Waals surface area contributed by atoms with E-state index in [1.54, 1.807) is 0 Å². The maximum atomic E-state index is 6.58. The zero-order valence-electron chi connectivity index (χ0n) is 26.6. The predicted molar refractivity (Wildman–Crippen MR) is 206 cm³/mol. The Bertz CT molecular complexity index is 2820. The van der Waals surface area contributed by atoms with Crippen molar-refractivity contribution in [3.8, 4) is 16.8 Å². The molecule has 0 radical (unpaired) electrons. The summed E-state index contributed by atoms with van der Waals surface area (Å²) in [6, 6.07) is 64.9. The zero-order valence-corrected chi connectivity index (χ0v) is 26.6. The molecule has 0 spiro atoms. The van der Waals surface area contributed by atoms with Gasteiger partial charge in [-0.1, -0.05) is 121 Å². The number of rotatable bonds is 5. The quantitative estimate of drug-likeness (QED) is 0.190. The number of anilines is 3. The maximum absolute atomic E-state index is 6.58. The third kappa shape index (κ3) is 4.37. The van der Waals surface area contributed by atoms with Gasteiger partial charge in [0.2, 0.25) is 0 Å². The van der Waals surface area contributed by atoms with Crippen molar-refractivity contribution < 1.29 is 4.42 Å². The highest BCUT2D eigenvalue weighted by molar-refractivity contribution is 6.12. The molecule has 0 N–H and O–H groups in total. The lowest BCUT2D eigenvalue weighted by Crippen LogP contribution is -2.10. The van der Waals surface area contributed by atoms with Crippen LogP contribution in [0.3, 0.4) is 0 Å². The molecule has 0 unspecified atom stereocenters. The highest BCUT2D eigenvalue weighted by atomic mass is 16.3. The summed E-state index contributed by atoms with van der Waals surface area (Å²) in [5.74, 6) is 0. The molecule has 0 aliphatic carbocycles. The number of benzene rings is 8. The van der Waals surface area contributed by atoms with Crippen molar-refractivity contribution in [3.63, 3.8) is 0 Å². The predicted octanol–water partition coefficient (Wildman–Crippen LogP) is 13.0. The summed E-state index contributed by atoms with van der Waals surface area (Å²) in [6.07, 6.45) is 0. The van der Waals surface area contributed by atoms with Gasteiger partial charge in [-0.2, -0.15) is 0 Å². The molecule has 10 aromatic rings. The summed E-state index contributed by atoms with van der Waals surface area (Å²) in [4.78, 5) is 2.34. The SMILES string of the molecule is c1ccc(-n2c3ccccc3c3cc(-c4ccc(N(c5cccc6ccccc56)c5cccc6c5oc5ccccc56)cc4)ccc32)cc1. The van der Waals surface area contributed by atoms with Crippen LogP contribution < -0.4 is 4.90 Å². The van der Waals surface area contributed by atoms with Gasteiger partial charge in [0.15, 0.2) is 5.58 Å². The Morgan fingerprint density at radius 3 is 1.92 bits per heavy atom. The molecule has 3 nitrogen and oxygen atoms in total. The van der Waals surface area contributed by atoms with Gasteiger partial charge >= 0.3 is 0 Å². The summed E-state index contributed by atoms with van der Waals surface area (Å²) >= 11 is 0. The van der Waals surface area contributed by atoms with Gasteiger partial charge in [0.25, 0.3) is 0 Å². The lowest BCUT2D eigenvalue weighted by Gasteiger charge is -2.27. The smallest absolute Gasteiger partial charge is 0.159 e. The van der Waals surface area contributed by atoms with Crippen LogP contribution in [0.5, 0.6) is 0 Å². The molecule has 230 valence electrons. The van der Waals surface area contributed by atoms with Crippen LogP contribution in [-0.4, -0.2) is 4.57 Å². The van der Waals surface area contributed by atoms with Gasteiger partial charge in [-0.25, -0.2) is 0 Å². The normalized spacial score (nSPS) is 11.7. The van der Waals surface area contributed by atoms with Gasteiger partial charge in [0.05, 0.1) is 22.4 Å². The average molecular weight is 627 g/mol. The van der Waals surface area contributed by atoms with Gasteiger partial charge in [-0.05, 0) is 77.2 Å². The van der Waals surface area contributed by atoms with E-state index in [0.717, 1.165) is 39.0 Å². The number of hydrogen-bond acceptors (Lipinski definition) is 2. The van der Waals surface area contributed by atoms with Crippen molar-refractivity contribution in [1.82, 2.24) is 4.57 Å². The molecule has 0 bridgehead atoms. The fourth-order valence-electron chi connectivity index (χ4n) is 7.53. The fraction of sp³-hybridized carbons (Fsp3) is 0. The van der Waals surface area contributed by atoms with Gasteiger partial charge in [0, 0.05) is 38.3 Å². The first-order valence-corrected chi connectivity index (χ1v) is 16.7. The Labute approximate surface area is 283 Å². The van der Waals surface area contributed by atoms with Crippen LogP contribution in [0.2, 0.25) is 0 Å². The molecule has 0 fully saturated rings. The third-order valence-corrected chi connectivity index (χ3v) is 9.78. The molecular formula is C46H30N2O. The second-order valence-electron chi connectivity index (χ2n) is 12.6. The molecule has 2 aromatic heterocycles. The van der Waals surface area contributed by atoms with Gasteiger partial charge < -0.3 is 13.9 Å². The second-order valence-corrected chi connectivity index (χ2v) is 12.6. The zero-order chi connectivity index (χ0) is 32.3. The standard InChI is InChI=1S/C46H30N2O/c1-2-14-34(15-3-1)47-42-20-8-6-17-37(42)40-30-33(26-29-43(40)47)31-24-27-35(28-25-31)48(41-21-10-13-32-12-4-5-16-36(32)41)44-22-11-19-39-38-18-7-9-23-45(38)49-46(39)44/h1-30H. The minimum Gasteiger partial charge on any atom is -0.454 e. The molecule has 0 aliphatic rings. The number of para-hydroxylation sites is 4. The molecule has 49 heavy (non-hydrogen) atoms. The Balaban J connectivity index is 1.14. The first-order chi connectivity index (χ1) is 24.3. The van der Waals surface area contributed by atoms with Crippen LogP contribution in [0.25, 0.3) is 71.3 Å². The van der Waals surface area contributed by atoms with Crippen molar-refractivity contribution >= 4 is 71.6 Å². The van der Waals surface area contributed by atoms with Crippen LogP contribution in [0.1, 0.15) is 0 Å². The Morgan fingerprint density at radius 2 is 1.04 bits per heavy atom. The third-order valence-electron chi connectivity index (χ3n) is 9.78. The average Bonchev–Trinajstić information content (AvgIpc) is 3.72. The summed E-state index contributed by atoms with van der Waals surface area (Å²) in [5.41, 5.74) is 10.9. The van der Waals surface area contributed by atoms with Crippen molar-refractivity contribution in [2.75, 3.05) is 4.90 Å². The molecule has 0 saturated heterocycles. The number of furan rings is 1. The largest absolute Gasteiger partial charge is 0.454 e. The Kier molecular flexibility index (Phi) is 6.18. The number of aromatic nitrogens is 1. The Hall–Kier alpha value is -6.58. The van der Waals surface area contributed by atoms with Crippen LogP contribution >= 0.6 is 0 Å². The van der Waals surface area contributed by atoms with Gasteiger partial charge in [-0.15, -0.1) is 0 Å². The van der Waals surface area contributed by atoms with Crippen LogP contribution in [-0.2, 0) is 0 Å². The molecule has 0 amide bonds. The number of hydrogen-bond donors (Lipinski definition) is 0. The van der Waals surface area contributed by atoms with E-state index in [9.17, 15) is 0 Å². The molecular weight excluding hydrogens is 597 g/mol. The van der Waals surface area contributed by atoms with Crippen molar-refractivity contribution in [2.45, 2.75) is 0 Å². The molecule has 3 heteroatoms. The van der Waals surface area contributed by atoms with E-state index in [2.05, 4.69) is 179 Å². The highest BCUT2D eigenvalue weighted by Crippen LogP contribution is 2.44. The highest BCUT2D eigenvalue weighted by Gasteiger charge is 2.21. The van der Waals surface area contributed by atoms with Crippen LogP contribution in [0, 0.1) is 0 Å². The number of fused-ring (bicyclic) bond motifs is 7. The van der Waals surface area contributed by atoms with Gasteiger partial charge in [0.1, 0.15) is 5.58 Å². The summed E-state index contributed by atoms with van der Waals surface area (Å²) in [6.45, 7) is 0. The first-order valence-electron chi connectivity index (χ1n) is 16.7. The molecule has 10 rings (SSSR count). The van der Waals surface area contributed by atoms with Gasteiger partial charge in [-0.3, -0.25) is 0 Å². The monoisotopic (exact) mass is 626 g/mol. The van der Waals surface area contributed by atoms with Crippen molar-refractivity contribution in [3.05, 3.63) is 182 Å². The molecule has 8 aromatic carbocycles. The van der Waals surface area contributed by atoms with E-state index in [4.69, 9.17) is 4.42 Å². The summed E-state index contributed by atoms with van der Waals surface area (Å²) in [5, 5.41) is 7.11. The van der Waals surface area contributed by atoms with E-state index < -0.39 is 0 Å². The summed E-state index contributed by atoms with van der Waals surface area (Å²) in [7, 11) is 0. The van der Waals surface area contributed by atoms with E-state index in [1.165, 1.54) is 49.4 Å². The first kappa shape index (κ1) is 27.5. The molecule has 2 heterocycles. The minimum absolute atomic E-state index is 0.876.